The molecule has 1 fully saturated rings. The van der Waals surface area contributed by atoms with Gasteiger partial charge in [0.25, 0.3) is 5.91 Å². The fourth-order valence-electron chi connectivity index (χ4n) is 2.92. The molecule has 0 heterocycles. The molecule has 21 heavy (non-hydrogen) atoms. The van der Waals surface area contributed by atoms with Gasteiger partial charge in [-0.2, -0.15) is 0 Å². The molecule has 3 heteroatoms. The molecule has 1 saturated carbocycles. The van der Waals surface area contributed by atoms with Gasteiger partial charge in [-0.1, -0.05) is 36.8 Å². The Labute approximate surface area is 124 Å². The Kier molecular flexibility index (Phi) is 3.74. The average Bonchev–Trinajstić information content (AvgIpc) is 2.48. The van der Waals surface area contributed by atoms with Crippen molar-refractivity contribution in [2.24, 2.45) is 0 Å². The quantitative estimate of drug-likeness (QED) is 0.911. The molecule has 1 N–H and O–H groups in total. The molecule has 3 rings (SSSR count). The summed E-state index contributed by atoms with van der Waals surface area (Å²) in [5, 5.41) is 3.00. The van der Waals surface area contributed by atoms with Gasteiger partial charge >= 0.3 is 0 Å². The molecule has 2 nitrogen and oxygen atoms in total. The lowest BCUT2D eigenvalue weighted by Gasteiger charge is -2.42. The first-order chi connectivity index (χ1) is 10.2. The molecule has 2 aromatic carbocycles. The Balaban J connectivity index is 1.68. The number of halogens is 1. The summed E-state index contributed by atoms with van der Waals surface area (Å²) in [4.78, 5) is 12.1. The largest absolute Gasteiger partial charge is 0.351 e. The maximum absolute atomic E-state index is 12.9. The maximum atomic E-state index is 12.9. The molecule has 108 valence electrons. The van der Waals surface area contributed by atoms with Crippen molar-refractivity contribution in [1.82, 2.24) is 5.32 Å². The monoisotopic (exact) mass is 283 g/mol. The van der Waals surface area contributed by atoms with Crippen molar-refractivity contribution in [3.8, 4) is 0 Å². The molecule has 0 saturated heterocycles. The molecule has 0 bridgehead atoms. The minimum Gasteiger partial charge on any atom is -0.351 e. The maximum Gasteiger partial charge on any atom is 0.251 e. The molecule has 1 amide bonds. The number of hydrogen-bond donors (Lipinski definition) is 1. The molecule has 0 aromatic heterocycles. The average molecular weight is 283 g/mol. The highest BCUT2D eigenvalue weighted by Crippen LogP contribution is 2.43. The van der Waals surface area contributed by atoms with E-state index in [2.05, 4.69) is 17.4 Å². The molecular weight excluding hydrogens is 265 g/mol. The number of rotatable bonds is 4. The van der Waals surface area contributed by atoms with Crippen LogP contribution in [0.3, 0.4) is 0 Å². The standard InChI is InChI=1S/C18H18FNO/c19-16-9-7-14(8-10-16)17(21)20-13-18(11-4-12-18)15-5-2-1-3-6-15/h1-3,5-10H,4,11-13H2,(H,20,21). The van der Waals surface area contributed by atoms with E-state index in [1.165, 1.54) is 36.2 Å². The number of carbonyl (C=O) groups is 1. The van der Waals surface area contributed by atoms with E-state index in [-0.39, 0.29) is 17.1 Å². The first-order valence-electron chi connectivity index (χ1n) is 7.29. The third-order valence-electron chi connectivity index (χ3n) is 4.39. The van der Waals surface area contributed by atoms with Gasteiger partial charge in [0, 0.05) is 17.5 Å². The van der Waals surface area contributed by atoms with Gasteiger partial charge in [-0.15, -0.1) is 0 Å². The van der Waals surface area contributed by atoms with Crippen LogP contribution in [0.1, 0.15) is 35.2 Å². The van der Waals surface area contributed by atoms with Gasteiger partial charge in [0.15, 0.2) is 0 Å². The topological polar surface area (TPSA) is 29.1 Å². The third kappa shape index (κ3) is 2.82. The number of carbonyl (C=O) groups excluding carboxylic acids is 1. The van der Waals surface area contributed by atoms with E-state index in [1.54, 1.807) is 0 Å². The van der Waals surface area contributed by atoms with Crippen LogP contribution < -0.4 is 5.32 Å². The van der Waals surface area contributed by atoms with Crippen LogP contribution in [0.15, 0.2) is 54.6 Å². The summed E-state index contributed by atoms with van der Waals surface area (Å²) >= 11 is 0. The van der Waals surface area contributed by atoms with Crippen LogP contribution in [0.4, 0.5) is 4.39 Å². The van der Waals surface area contributed by atoms with Crippen LogP contribution in [0.25, 0.3) is 0 Å². The van der Waals surface area contributed by atoms with E-state index >= 15 is 0 Å². The van der Waals surface area contributed by atoms with Crippen LogP contribution in [-0.2, 0) is 5.41 Å². The highest BCUT2D eigenvalue weighted by Gasteiger charge is 2.38. The zero-order chi connectivity index (χ0) is 14.7. The first kappa shape index (κ1) is 13.8. The Morgan fingerprint density at radius 2 is 1.71 bits per heavy atom. The van der Waals surface area contributed by atoms with Crippen LogP contribution in [0.2, 0.25) is 0 Å². The first-order valence-corrected chi connectivity index (χ1v) is 7.29. The summed E-state index contributed by atoms with van der Waals surface area (Å²) in [5.74, 6) is -0.469. The van der Waals surface area contributed by atoms with Crippen molar-refractivity contribution in [1.29, 1.82) is 0 Å². The summed E-state index contributed by atoms with van der Waals surface area (Å²) in [5.41, 5.74) is 1.85. The van der Waals surface area contributed by atoms with Crippen LogP contribution in [0.5, 0.6) is 0 Å². The Morgan fingerprint density at radius 3 is 2.29 bits per heavy atom. The Hall–Kier alpha value is -2.16. The van der Waals surface area contributed by atoms with Gasteiger partial charge in [-0.05, 0) is 42.7 Å². The molecule has 0 unspecified atom stereocenters. The second-order valence-corrected chi connectivity index (χ2v) is 5.69. The zero-order valence-corrected chi connectivity index (χ0v) is 11.8. The molecule has 0 radical (unpaired) electrons. The fraction of sp³-hybridized carbons (Fsp3) is 0.278. The van der Waals surface area contributed by atoms with E-state index in [4.69, 9.17) is 0 Å². The molecule has 1 aliphatic rings. The summed E-state index contributed by atoms with van der Waals surface area (Å²) in [7, 11) is 0. The SMILES string of the molecule is O=C(NCC1(c2ccccc2)CCC1)c1ccc(F)cc1. The lowest BCUT2D eigenvalue weighted by atomic mass is 9.64. The predicted molar refractivity (Wildman–Crippen MR) is 80.7 cm³/mol. The van der Waals surface area contributed by atoms with E-state index in [9.17, 15) is 9.18 Å². The van der Waals surface area contributed by atoms with Gasteiger partial charge in [0.1, 0.15) is 5.82 Å². The second kappa shape index (κ2) is 5.68. The molecule has 2 aromatic rings. The number of hydrogen-bond acceptors (Lipinski definition) is 1. The molecule has 1 aliphatic carbocycles. The number of benzene rings is 2. The highest BCUT2D eigenvalue weighted by molar-refractivity contribution is 5.94. The molecular formula is C18H18FNO. The van der Waals surface area contributed by atoms with E-state index in [0.29, 0.717) is 12.1 Å². The normalized spacial score (nSPS) is 16.0. The van der Waals surface area contributed by atoms with Gasteiger partial charge in [-0.25, -0.2) is 4.39 Å². The summed E-state index contributed by atoms with van der Waals surface area (Å²) in [6, 6.07) is 16.0. The van der Waals surface area contributed by atoms with Crippen molar-refractivity contribution in [3.63, 3.8) is 0 Å². The fourth-order valence-corrected chi connectivity index (χ4v) is 2.92. The van der Waals surface area contributed by atoms with Crippen molar-refractivity contribution >= 4 is 5.91 Å². The van der Waals surface area contributed by atoms with Crippen molar-refractivity contribution in [2.45, 2.75) is 24.7 Å². The lowest BCUT2D eigenvalue weighted by molar-refractivity contribution is 0.0928. The van der Waals surface area contributed by atoms with Gasteiger partial charge in [0.05, 0.1) is 0 Å². The summed E-state index contributed by atoms with van der Waals surface area (Å²) in [6.07, 6.45) is 3.39. The molecule has 0 atom stereocenters. The van der Waals surface area contributed by atoms with E-state index < -0.39 is 0 Å². The van der Waals surface area contributed by atoms with Gasteiger partial charge < -0.3 is 5.32 Å². The van der Waals surface area contributed by atoms with Crippen molar-refractivity contribution in [3.05, 3.63) is 71.5 Å². The lowest BCUT2D eigenvalue weighted by Crippen LogP contribution is -2.45. The predicted octanol–water partition coefficient (Wildman–Crippen LogP) is 3.68. The minimum absolute atomic E-state index is 0.0664. The number of nitrogens with one attached hydrogen (secondary N) is 1. The van der Waals surface area contributed by atoms with Crippen LogP contribution in [0, 0.1) is 5.82 Å². The smallest absolute Gasteiger partial charge is 0.251 e. The Morgan fingerprint density at radius 1 is 1.05 bits per heavy atom. The highest BCUT2D eigenvalue weighted by atomic mass is 19.1. The second-order valence-electron chi connectivity index (χ2n) is 5.69. The zero-order valence-electron chi connectivity index (χ0n) is 11.8. The number of amides is 1. The summed E-state index contributed by atoms with van der Waals surface area (Å²) < 4.78 is 12.9. The van der Waals surface area contributed by atoms with Crippen molar-refractivity contribution < 1.29 is 9.18 Å². The summed E-state index contributed by atoms with van der Waals surface area (Å²) in [6.45, 7) is 0.632. The molecule has 0 spiro atoms. The van der Waals surface area contributed by atoms with E-state index in [0.717, 1.165) is 12.8 Å². The van der Waals surface area contributed by atoms with Crippen molar-refractivity contribution in [2.75, 3.05) is 6.54 Å². The van der Waals surface area contributed by atoms with Gasteiger partial charge in [0.2, 0.25) is 0 Å². The molecule has 0 aliphatic heterocycles. The minimum atomic E-state index is -0.328. The van der Waals surface area contributed by atoms with E-state index in [1.807, 2.05) is 18.2 Å². The van der Waals surface area contributed by atoms with Gasteiger partial charge in [-0.3, -0.25) is 4.79 Å². The third-order valence-corrected chi connectivity index (χ3v) is 4.39. The van der Waals surface area contributed by atoms with Crippen LogP contribution >= 0.6 is 0 Å². The van der Waals surface area contributed by atoms with Crippen LogP contribution in [-0.4, -0.2) is 12.5 Å². The Bertz CT molecular complexity index is 617.